The third-order valence-corrected chi connectivity index (χ3v) is 5.69. The molecule has 1 aromatic carbocycles. The molecule has 2 heterocycles. The average molecular weight is 318 g/mol. The smallest absolute Gasteiger partial charge is 0.243 e. The summed E-state index contributed by atoms with van der Waals surface area (Å²) in [6.07, 6.45) is 3.18. The van der Waals surface area contributed by atoms with Gasteiger partial charge in [0.2, 0.25) is 10.0 Å². The molecular weight excluding hydrogens is 300 g/mol. The van der Waals surface area contributed by atoms with E-state index in [0.717, 1.165) is 11.1 Å². The molecule has 0 spiro atoms. The Balaban J connectivity index is 1.69. The van der Waals surface area contributed by atoms with Crippen molar-refractivity contribution in [3.05, 3.63) is 53.9 Å². The molecule has 1 aliphatic heterocycles. The van der Waals surface area contributed by atoms with Crippen LogP contribution in [0.1, 0.15) is 11.1 Å². The summed E-state index contributed by atoms with van der Waals surface area (Å²) >= 11 is 0. The minimum Gasteiger partial charge on any atom is -0.486 e. The molecule has 3 rings (SSSR count). The van der Waals surface area contributed by atoms with Crippen LogP contribution in [0.5, 0.6) is 5.75 Å². The molecule has 6 heteroatoms. The summed E-state index contributed by atoms with van der Waals surface area (Å²) < 4.78 is 32.3. The van der Waals surface area contributed by atoms with Gasteiger partial charge in [-0.2, -0.15) is 4.31 Å². The Morgan fingerprint density at radius 3 is 2.64 bits per heavy atom. The van der Waals surface area contributed by atoms with Gasteiger partial charge in [0.15, 0.2) is 0 Å². The minimum atomic E-state index is -3.44. The van der Waals surface area contributed by atoms with E-state index in [1.807, 2.05) is 32.0 Å². The monoisotopic (exact) mass is 318 g/mol. The van der Waals surface area contributed by atoms with Crippen LogP contribution >= 0.6 is 0 Å². The second kappa shape index (κ2) is 5.70. The Bertz CT molecular complexity index is 769. The summed E-state index contributed by atoms with van der Waals surface area (Å²) in [5.74, 6) is 0.663. The van der Waals surface area contributed by atoms with E-state index in [4.69, 9.17) is 4.74 Å². The predicted molar refractivity (Wildman–Crippen MR) is 83.3 cm³/mol. The third kappa shape index (κ3) is 2.84. The summed E-state index contributed by atoms with van der Waals surface area (Å²) in [7, 11) is -3.44. The van der Waals surface area contributed by atoms with Crippen LogP contribution in [-0.4, -0.2) is 36.9 Å². The summed E-state index contributed by atoms with van der Waals surface area (Å²) in [6, 6.07) is 8.99. The molecule has 22 heavy (non-hydrogen) atoms. The van der Waals surface area contributed by atoms with Crippen molar-refractivity contribution >= 4 is 10.0 Å². The van der Waals surface area contributed by atoms with Gasteiger partial charge >= 0.3 is 0 Å². The van der Waals surface area contributed by atoms with Crippen LogP contribution in [0, 0.1) is 13.8 Å². The zero-order chi connectivity index (χ0) is 15.7. The van der Waals surface area contributed by atoms with Gasteiger partial charge in [0, 0.05) is 6.20 Å². The molecule has 0 N–H and O–H groups in total. The van der Waals surface area contributed by atoms with Crippen LogP contribution in [0.25, 0.3) is 0 Å². The number of rotatable bonds is 4. The largest absolute Gasteiger partial charge is 0.486 e. The van der Waals surface area contributed by atoms with Gasteiger partial charge in [-0.3, -0.25) is 4.98 Å². The second-order valence-corrected chi connectivity index (χ2v) is 7.43. The molecule has 1 fully saturated rings. The van der Waals surface area contributed by atoms with E-state index in [1.165, 1.54) is 4.31 Å². The van der Waals surface area contributed by atoms with Crippen LogP contribution in [0.2, 0.25) is 0 Å². The van der Waals surface area contributed by atoms with Crippen molar-refractivity contribution in [1.29, 1.82) is 0 Å². The molecule has 0 aliphatic carbocycles. The van der Waals surface area contributed by atoms with Crippen molar-refractivity contribution < 1.29 is 13.2 Å². The molecule has 0 radical (unpaired) electrons. The summed E-state index contributed by atoms with van der Waals surface area (Å²) in [4.78, 5) is 4.35. The van der Waals surface area contributed by atoms with Gasteiger partial charge < -0.3 is 4.74 Å². The Morgan fingerprint density at radius 1 is 1.23 bits per heavy atom. The van der Waals surface area contributed by atoms with Crippen molar-refractivity contribution in [3.8, 4) is 5.75 Å². The Kier molecular flexibility index (Phi) is 3.88. The summed E-state index contributed by atoms with van der Waals surface area (Å²) in [5, 5.41) is 0. The first-order valence-electron chi connectivity index (χ1n) is 7.11. The van der Waals surface area contributed by atoms with E-state index >= 15 is 0 Å². The first-order valence-corrected chi connectivity index (χ1v) is 8.55. The molecule has 1 aliphatic rings. The van der Waals surface area contributed by atoms with E-state index in [-0.39, 0.29) is 6.10 Å². The number of ether oxygens (including phenoxy) is 1. The van der Waals surface area contributed by atoms with E-state index < -0.39 is 10.0 Å². The highest BCUT2D eigenvalue weighted by Gasteiger charge is 2.38. The predicted octanol–water partition coefficient (Wildman–Crippen LogP) is 2.15. The van der Waals surface area contributed by atoms with Crippen LogP contribution in [0.4, 0.5) is 0 Å². The second-order valence-electron chi connectivity index (χ2n) is 5.52. The SMILES string of the molecule is Cc1ccc(S(=O)(=O)N2CC(Oc3cccnc3)C2)c(C)c1. The number of nitrogens with zero attached hydrogens (tertiary/aromatic N) is 2. The molecule has 0 bridgehead atoms. The standard InChI is InChI=1S/C16H18N2O3S/c1-12-5-6-16(13(2)8-12)22(19,20)18-10-15(11-18)21-14-4-3-7-17-9-14/h3-9,15H,10-11H2,1-2H3. The fourth-order valence-corrected chi connectivity index (χ4v) is 4.22. The summed E-state index contributed by atoms with van der Waals surface area (Å²) in [6.45, 7) is 4.50. The lowest BCUT2D eigenvalue weighted by atomic mass is 10.2. The molecule has 0 unspecified atom stereocenters. The maximum absolute atomic E-state index is 12.6. The van der Waals surface area contributed by atoms with Gasteiger partial charge in [-0.1, -0.05) is 17.7 Å². The fraction of sp³-hybridized carbons (Fsp3) is 0.312. The van der Waals surface area contributed by atoms with E-state index in [9.17, 15) is 8.42 Å². The number of pyridine rings is 1. The van der Waals surface area contributed by atoms with Gasteiger partial charge in [-0.05, 0) is 37.6 Å². The molecule has 0 amide bonds. The lowest BCUT2D eigenvalue weighted by Gasteiger charge is -2.38. The maximum Gasteiger partial charge on any atom is 0.243 e. The summed E-state index contributed by atoms with van der Waals surface area (Å²) in [5.41, 5.74) is 1.83. The first-order chi connectivity index (χ1) is 10.5. The topological polar surface area (TPSA) is 59.5 Å². The van der Waals surface area contributed by atoms with E-state index in [0.29, 0.717) is 23.7 Å². The normalized spacial score (nSPS) is 16.3. The van der Waals surface area contributed by atoms with Gasteiger partial charge in [-0.15, -0.1) is 0 Å². The fourth-order valence-electron chi connectivity index (χ4n) is 2.51. The van der Waals surface area contributed by atoms with Gasteiger partial charge in [0.25, 0.3) is 0 Å². The molecule has 5 nitrogen and oxygen atoms in total. The van der Waals surface area contributed by atoms with Crippen molar-refractivity contribution in [3.63, 3.8) is 0 Å². The van der Waals surface area contributed by atoms with E-state index in [2.05, 4.69) is 4.98 Å². The molecule has 1 saturated heterocycles. The van der Waals surface area contributed by atoms with Crippen molar-refractivity contribution in [2.24, 2.45) is 0 Å². The molecule has 0 saturated carbocycles. The molecule has 1 aromatic heterocycles. The lowest BCUT2D eigenvalue weighted by Crippen LogP contribution is -2.56. The highest BCUT2D eigenvalue weighted by molar-refractivity contribution is 7.89. The highest BCUT2D eigenvalue weighted by atomic mass is 32.2. The first kappa shape index (κ1) is 15.0. The van der Waals surface area contributed by atoms with Crippen molar-refractivity contribution in [1.82, 2.24) is 9.29 Å². The molecular formula is C16H18N2O3S. The van der Waals surface area contributed by atoms with Crippen molar-refractivity contribution in [2.45, 2.75) is 24.8 Å². The maximum atomic E-state index is 12.6. The number of hydrogen-bond acceptors (Lipinski definition) is 4. The highest BCUT2D eigenvalue weighted by Crippen LogP contribution is 2.26. The third-order valence-electron chi connectivity index (χ3n) is 3.70. The molecule has 0 atom stereocenters. The number of benzene rings is 1. The van der Waals surface area contributed by atoms with Crippen LogP contribution in [0.3, 0.4) is 0 Å². The number of aryl methyl sites for hydroxylation is 2. The molecule has 116 valence electrons. The number of sulfonamides is 1. The number of hydrogen-bond donors (Lipinski definition) is 0. The Labute approximate surface area is 130 Å². The van der Waals surface area contributed by atoms with Gasteiger partial charge in [0.05, 0.1) is 24.2 Å². The Hall–Kier alpha value is -1.92. The van der Waals surface area contributed by atoms with Crippen LogP contribution < -0.4 is 4.74 Å². The lowest BCUT2D eigenvalue weighted by molar-refractivity contribution is 0.0758. The average Bonchev–Trinajstić information content (AvgIpc) is 2.43. The minimum absolute atomic E-state index is 0.121. The van der Waals surface area contributed by atoms with E-state index in [1.54, 1.807) is 24.5 Å². The zero-order valence-corrected chi connectivity index (χ0v) is 13.4. The van der Waals surface area contributed by atoms with Crippen LogP contribution in [0.15, 0.2) is 47.6 Å². The Morgan fingerprint density at radius 2 is 2.00 bits per heavy atom. The zero-order valence-electron chi connectivity index (χ0n) is 12.6. The van der Waals surface area contributed by atoms with Gasteiger partial charge in [-0.25, -0.2) is 8.42 Å². The number of aromatic nitrogens is 1. The van der Waals surface area contributed by atoms with Gasteiger partial charge in [0.1, 0.15) is 11.9 Å². The quantitative estimate of drug-likeness (QED) is 0.867. The van der Waals surface area contributed by atoms with Crippen LogP contribution in [-0.2, 0) is 10.0 Å². The van der Waals surface area contributed by atoms with Crippen molar-refractivity contribution in [2.75, 3.05) is 13.1 Å². The molecule has 2 aromatic rings.